The maximum Gasteiger partial charge on any atom is 0.233 e. The first kappa shape index (κ1) is 17.7. The van der Waals surface area contributed by atoms with Crippen LogP contribution in [-0.4, -0.2) is 50.2 Å². The van der Waals surface area contributed by atoms with E-state index in [0.29, 0.717) is 5.92 Å². The van der Waals surface area contributed by atoms with Crippen molar-refractivity contribution in [2.75, 3.05) is 40.0 Å². The molecule has 22 heavy (non-hydrogen) atoms. The van der Waals surface area contributed by atoms with Crippen molar-refractivity contribution in [1.82, 2.24) is 15.5 Å². The first-order valence-corrected chi connectivity index (χ1v) is 7.95. The molecule has 2 aliphatic heterocycles. The van der Waals surface area contributed by atoms with Gasteiger partial charge in [-0.25, -0.2) is 0 Å². The summed E-state index contributed by atoms with van der Waals surface area (Å²) in [4.78, 5) is 4.77. The zero-order chi connectivity index (χ0) is 14.5. The van der Waals surface area contributed by atoms with Crippen molar-refractivity contribution in [3.8, 4) is 0 Å². The van der Waals surface area contributed by atoms with Crippen LogP contribution in [0, 0.1) is 0 Å². The van der Waals surface area contributed by atoms with Gasteiger partial charge in [0, 0.05) is 32.8 Å². The number of aromatic nitrogens is 2. The summed E-state index contributed by atoms with van der Waals surface area (Å²) in [7, 11) is 1.75. The lowest BCUT2D eigenvalue weighted by Crippen LogP contribution is -2.41. The van der Waals surface area contributed by atoms with Gasteiger partial charge in [-0.1, -0.05) is 5.16 Å². The molecule has 2 aliphatic rings. The van der Waals surface area contributed by atoms with Crippen molar-refractivity contribution < 1.29 is 14.0 Å². The Kier molecular flexibility index (Phi) is 6.62. The van der Waals surface area contributed by atoms with E-state index in [2.05, 4.69) is 10.5 Å². The molecule has 3 rings (SSSR count). The molecule has 0 bridgehead atoms. The van der Waals surface area contributed by atoms with E-state index in [1.165, 1.54) is 0 Å². The number of piperidine rings is 1. The van der Waals surface area contributed by atoms with Crippen LogP contribution in [-0.2, 0) is 14.9 Å². The average molecular weight is 332 g/mol. The van der Waals surface area contributed by atoms with Gasteiger partial charge in [-0.3, -0.25) is 0 Å². The van der Waals surface area contributed by atoms with Gasteiger partial charge in [-0.15, -0.1) is 12.4 Å². The fourth-order valence-electron chi connectivity index (χ4n) is 3.35. The van der Waals surface area contributed by atoms with Crippen molar-refractivity contribution in [1.29, 1.82) is 0 Å². The van der Waals surface area contributed by atoms with Crippen molar-refractivity contribution in [3.63, 3.8) is 0 Å². The molecule has 0 radical (unpaired) electrons. The summed E-state index contributed by atoms with van der Waals surface area (Å²) in [6.07, 6.45) is 5.00. The summed E-state index contributed by atoms with van der Waals surface area (Å²) in [6.45, 7) is 4.33. The highest BCUT2D eigenvalue weighted by molar-refractivity contribution is 5.85. The molecule has 0 unspecified atom stereocenters. The van der Waals surface area contributed by atoms with Crippen LogP contribution in [0.15, 0.2) is 4.52 Å². The summed E-state index contributed by atoms with van der Waals surface area (Å²) in [5, 5.41) is 7.67. The molecule has 126 valence electrons. The second kappa shape index (κ2) is 8.24. The Morgan fingerprint density at radius 1 is 1.27 bits per heavy atom. The summed E-state index contributed by atoms with van der Waals surface area (Å²) in [6, 6.07) is 0. The zero-order valence-corrected chi connectivity index (χ0v) is 14.0. The van der Waals surface area contributed by atoms with Gasteiger partial charge < -0.3 is 19.3 Å². The minimum atomic E-state index is -0.0162. The summed E-state index contributed by atoms with van der Waals surface area (Å²) >= 11 is 0. The quantitative estimate of drug-likeness (QED) is 0.890. The molecule has 3 heterocycles. The predicted molar refractivity (Wildman–Crippen MR) is 84.6 cm³/mol. The van der Waals surface area contributed by atoms with E-state index in [1.54, 1.807) is 7.11 Å². The van der Waals surface area contributed by atoms with Crippen LogP contribution in [0.4, 0.5) is 0 Å². The largest absolute Gasteiger partial charge is 0.385 e. The smallest absolute Gasteiger partial charge is 0.233 e. The average Bonchev–Trinajstić information content (AvgIpc) is 3.05. The number of rotatable bonds is 5. The Balaban J connectivity index is 0.00000176. The Morgan fingerprint density at radius 3 is 2.68 bits per heavy atom. The van der Waals surface area contributed by atoms with Crippen LogP contribution < -0.4 is 5.32 Å². The van der Waals surface area contributed by atoms with Crippen LogP contribution >= 0.6 is 12.4 Å². The SMILES string of the molecule is COCCC1(c2nc(C3CCOCC3)no2)CCNCC1.Cl. The van der Waals surface area contributed by atoms with Crippen LogP contribution in [0.2, 0.25) is 0 Å². The zero-order valence-electron chi connectivity index (χ0n) is 13.2. The van der Waals surface area contributed by atoms with Gasteiger partial charge in [0.2, 0.25) is 5.89 Å². The normalized spacial score (nSPS) is 22.2. The Morgan fingerprint density at radius 2 is 2.00 bits per heavy atom. The van der Waals surface area contributed by atoms with E-state index in [4.69, 9.17) is 19.0 Å². The number of halogens is 1. The molecule has 0 spiro atoms. The molecular weight excluding hydrogens is 306 g/mol. The van der Waals surface area contributed by atoms with E-state index in [9.17, 15) is 0 Å². The van der Waals surface area contributed by atoms with Gasteiger partial charge in [0.25, 0.3) is 0 Å². The molecule has 1 aromatic heterocycles. The van der Waals surface area contributed by atoms with Crippen LogP contribution in [0.1, 0.15) is 49.7 Å². The van der Waals surface area contributed by atoms with Gasteiger partial charge in [-0.05, 0) is 45.2 Å². The van der Waals surface area contributed by atoms with E-state index in [1.807, 2.05) is 0 Å². The van der Waals surface area contributed by atoms with Crippen molar-refractivity contribution in [2.24, 2.45) is 0 Å². The molecule has 1 aromatic rings. The molecule has 2 saturated heterocycles. The topological polar surface area (TPSA) is 69.4 Å². The highest BCUT2D eigenvalue weighted by Gasteiger charge is 2.39. The van der Waals surface area contributed by atoms with Crippen molar-refractivity contribution in [2.45, 2.75) is 43.4 Å². The lowest BCUT2D eigenvalue weighted by molar-refractivity contribution is 0.0830. The molecule has 0 amide bonds. The number of nitrogens with zero attached hydrogens (tertiary/aromatic N) is 2. The standard InChI is InChI=1S/C15H25N3O3.ClH/c1-19-11-6-15(4-7-16-8-5-15)14-17-13(18-21-14)12-2-9-20-10-3-12;/h12,16H,2-11H2,1H3;1H. The van der Waals surface area contributed by atoms with E-state index in [-0.39, 0.29) is 17.8 Å². The van der Waals surface area contributed by atoms with Gasteiger partial charge in [0.1, 0.15) is 0 Å². The third-order valence-electron chi connectivity index (χ3n) is 4.83. The first-order chi connectivity index (χ1) is 10.3. The van der Waals surface area contributed by atoms with Gasteiger partial charge in [0.15, 0.2) is 5.82 Å². The Labute approximate surface area is 137 Å². The highest BCUT2D eigenvalue weighted by Crippen LogP contribution is 2.37. The number of hydrogen-bond donors (Lipinski definition) is 1. The number of hydrogen-bond acceptors (Lipinski definition) is 6. The second-order valence-corrected chi connectivity index (χ2v) is 6.12. The van der Waals surface area contributed by atoms with Gasteiger partial charge >= 0.3 is 0 Å². The lowest BCUT2D eigenvalue weighted by Gasteiger charge is -2.34. The Bertz CT molecular complexity index is 443. The van der Waals surface area contributed by atoms with Crippen LogP contribution in [0.25, 0.3) is 0 Å². The lowest BCUT2D eigenvalue weighted by atomic mass is 9.76. The fourth-order valence-corrected chi connectivity index (χ4v) is 3.35. The molecule has 7 heteroatoms. The molecule has 0 aliphatic carbocycles. The summed E-state index contributed by atoms with van der Waals surface area (Å²) in [5.74, 6) is 2.06. The summed E-state index contributed by atoms with van der Waals surface area (Å²) in [5.41, 5.74) is -0.0162. The fraction of sp³-hybridized carbons (Fsp3) is 0.867. The molecular formula is C15H26ClN3O3. The third kappa shape index (κ3) is 3.79. The first-order valence-electron chi connectivity index (χ1n) is 7.95. The maximum absolute atomic E-state index is 5.67. The van der Waals surface area contributed by atoms with Gasteiger partial charge in [-0.2, -0.15) is 4.98 Å². The van der Waals surface area contributed by atoms with Crippen LogP contribution in [0.3, 0.4) is 0 Å². The molecule has 2 fully saturated rings. The van der Waals surface area contributed by atoms with E-state index in [0.717, 1.165) is 76.7 Å². The minimum absolute atomic E-state index is 0. The number of methoxy groups -OCH3 is 1. The Hall–Kier alpha value is -0.690. The molecule has 6 nitrogen and oxygen atoms in total. The van der Waals surface area contributed by atoms with Gasteiger partial charge in [0.05, 0.1) is 5.41 Å². The number of nitrogens with one attached hydrogen (secondary N) is 1. The molecule has 0 atom stereocenters. The molecule has 0 saturated carbocycles. The van der Waals surface area contributed by atoms with Crippen molar-refractivity contribution >= 4 is 12.4 Å². The number of ether oxygens (including phenoxy) is 2. The predicted octanol–water partition coefficient (Wildman–Crippen LogP) is 2.04. The highest BCUT2D eigenvalue weighted by atomic mass is 35.5. The minimum Gasteiger partial charge on any atom is -0.385 e. The monoisotopic (exact) mass is 331 g/mol. The molecule has 0 aromatic carbocycles. The summed E-state index contributed by atoms with van der Waals surface area (Å²) < 4.78 is 16.4. The van der Waals surface area contributed by atoms with Crippen LogP contribution in [0.5, 0.6) is 0 Å². The van der Waals surface area contributed by atoms with E-state index >= 15 is 0 Å². The van der Waals surface area contributed by atoms with Crippen molar-refractivity contribution in [3.05, 3.63) is 11.7 Å². The van der Waals surface area contributed by atoms with E-state index < -0.39 is 0 Å². The maximum atomic E-state index is 5.67. The molecule has 1 N–H and O–H groups in total. The second-order valence-electron chi connectivity index (χ2n) is 6.12. The third-order valence-corrected chi connectivity index (χ3v) is 4.83.